The maximum absolute atomic E-state index is 12.8. The van der Waals surface area contributed by atoms with Gasteiger partial charge in [0.05, 0.1) is 4.90 Å². The predicted octanol–water partition coefficient (Wildman–Crippen LogP) is 4.63. The van der Waals surface area contributed by atoms with E-state index in [4.69, 9.17) is 4.74 Å². The van der Waals surface area contributed by atoms with Crippen molar-refractivity contribution in [2.75, 3.05) is 10.0 Å². The number of benzene rings is 2. The van der Waals surface area contributed by atoms with E-state index in [0.29, 0.717) is 17.1 Å². The lowest BCUT2D eigenvalue weighted by Gasteiger charge is -2.11. The first-order valence-electron chi connectivity index (χ1n) is 9.96. The zero-order valence-electron chi connectivity index (χ0n) is 17.6. The lowest BCUT2D eigenvalue weighted by Crippen LogP contribution is -2.15. The first-order valence-corrected chi connectivity index (χ1v) is 11.4. The first-order chi connectivity index (χ1) is 15.9. The van der Waals surface area contributed by atoms with Gasteiger partial charge >= 0.3 is 0 Å². The Balaban J connectivity index is 1.48. The van der Waals surface area contributed by atoms with Gasteiger partial charge in [0.1, 0.15) is 17.1 Å². The van der Waals surface area contributed by atoms with Crippen LogP contribution in [0.1, 0.15) is 16.1 Å². The van der Waals surface area contributed by atoms with Crippen LogP contribution in [0.25, 0.3) is 0 Å². The van der Waals surface area contributed by atoms with Gasteiger partial charge in [-0.2, -0.15) is 0 Å². The van der Waals surface area contributed by atoms with E-state index in [1.807, 2.05) is 18.2 Å². The minimum Gasteiger partial charge on any atom is -0.438 e. The van der Waals surface area contributed by atoms with Crippen LogP contribution in [0, 0.1) is 6.92 Å². The quantitative estimate of drug-likeness (QED) is 0.416. The van der Waals surface area contributed by atoms with Crippen LogP contribution in [0.2, 0.25) is 0 Å². The molecule has 166 valence electrons. The van der Waals surface area contributed by atoms with E-state index in [0.717, 1.165) is 0 Å². The van der Waals surface area contributed by atoms with Gasteiger partial charge in [0.25, 0.3) is 15.9 Å². The summed E-state index contributed by atoms with van der Waals surface area (Å²) in [5, 5.41) is 2.73. The number of pyridine rings is 2. The molecule has 0 aliphatic heterocycles. The van der Waals surface area contributed by atoms with Crippen molar-refractivity contribution >= 4 is 27.4 Å². The summed E-state index contributed by atoms with van der Waals surface area (Å²) < 4.78 is 33.4. The lowest BCUT2D eigenvalue weighted by atomic mass is 10.2. The molecule has 0 atom stereocenters. The third-order valence-corrected chi connectivity index (χ3v) is 5.89. The standard InChI is InChI=1S/C24H20N4O4S/c1-17-7-5-11-22(26-17)28-33(30,31)20-14-12-18(13-15-20)27-23(29)21-10-6-16-25-24(21)32-19-8-3-2-4-9-19/h2-16H,1H3,(H,26,28)(H,27,29). The van der Waals surface area contributed by atoms with Crippen LogP contribution in [0.15, 0.2) is 96.0 Å². The van der Waals surface area contributed by atoms with Crippen LogP contribution in [0.4, 0.5) is 11.5 Å². The zero-order chi connectivity index (χ0) is 23.3. The summed E-state index contributed by atoms with van der Waals surface area (Å²) in [4.78, 5) is 21.2. The summed E-state index contributed by atoms with van der Waals surface area (Å²) in [5.41, 5.74) is 1.35. The molecule has 0 spiro atoms. The smallest absolute Gasteiger partial charge is 0.263 e. The molecule has 0 aliphatic rings. The number of rotatable bonds is 7. The Morgan fingerprint density at radius 2 is 1.64 bits per heavy atom. The van der Waals surface area contributed by atoms with Gasteiger partial charge in [-0.15, -0.1) is 0 Å². The second kappa shape index (κ2) is 9.49. The molecule has 8 nitrogen and oxygen atoms in total. The van der Waals surface area contributed by atoms with Gasteiger partial charge in [0, 0.05) is 17.6 Å². The maximum atomic E-state index is 12.8. The second-order valence-electron chi connectivity index (χ2n) is 7.02. The molecule has 0 aliphatic carbocycles. The SMILES string of the molecule is Cc1cccc(NS(=O)(=O)c2ccc(NC(=O)c3cccnc3Oc3ccccc3)cc2)n1. The Hall–Kier alpha value is -4.24. The summed E-state index contributed by atoms with van der Waals surface area (Å²) in [6.07, 6.45) is 1.53. The van der Waals surface area contributed by atoms with E-state index >= 15 is 0 Å². The van der Waals surface area contributed by atoms with Gasteiger partial charge in [-0.05, 0) is 67.6 Å². The lowest BCUT2D eigenvalue weighted by molar-refractivity contribution is 0.102. The number of nitrogens with one attached hydrogen (secondary N) is 2. The Kier molecular flexibility index (Phi) is 6.32. The van der Waals surface area contributed by atoms with Crippen molar-refractivity contribution in [2.24, 2.45) is 0 Å². The molecule has 0 saturated heterocycles. The van der Waals surface area contributed by atoms with E-state index in [1.54, 1.807) is 49.4 Å². The van der Waals surface area contributed by atoms with Gasteiger partial charge in [0.15, 0.2) is 0 Å². The molecule has 0 bridgehead atoms. The van der Waals surface area contributed by atoms with E-state index < -0.39 is 15.9 Å². The van der Waals surface area contributed by atoms with Gasteiger partial charge in [-0.25, -0.2) is 18.4 Å². The summed E-state index contributed by atoms with van der Waals surface area (Å²) >= 11 is 0. The van der Waals surface area contributed by atoms with Crippen LogP contribution in [-0.2, 0) is 10.0 Å². The van der Waals surface area contributed by atoms with Crippen molar-refractivity contribution in [1.29, 1.82) is 0 Å². The first kappa shape index (κ1) is 22.0. The fraction of sp³-hybridized carbons (Fsp3) is 0.0417. The van der Waals surface area contributed by atoms with E-state index in [9.17, 15) is 13.2 Å². The van der Waals surface area contributed by atoms with Crippen LogP contribution in [0.3, 0.4) is 0 Å². The van der Waals surface area contributed by atoms with Crippen molar-refractivity contribution in [1.82, 2.24) is 9.97 Å². The van der Waals surface area contributed by atoms with Crippen LogP contribution in [-0.4, -0.2) is 24.3 Å². The molecule has 0 saturated carbocycles. The monoisotopic (exact) mass is 460 g/mol. The fourth-order valence-corrected chi connectivity index (χ4v) is 3.96. The highest BCUT2D eigenvalue weighted by Gasteiger charge is 2.17. The van der Waals surface area contributed by atoms with E-state index in [-0.39, 0.29) is 22.2 Å². The van der Waals surface area contributed by atoms with Crippen LogP contribution < -0.4 is 14.8 Å². The number of hydrogen-bond donors (Lipinski definition) is 2. The number of para-hydroxylation sites is 1. The highest BCUT2D eigenvalue weighted by atomic mass is 32.2. The molecule has 2 aromatic carbocycles. The van der Waals surface area contributed by atoms with Crippen molar-refractivity contribution in [2.45, 2.75) is 11.8 Å². The number of carbonyl (C=O) groups is 1. The summed E-state index contributed by atoms with van der Waals surface area (Å²) in [7, 11) is -3.82. The number of hydrogen-bond acceptors (Lipinski definition) is 6. The minimum absolute atomic E-state index is 0.0401. The van der Waals surface area contributed by atoms with Crippen molar-refractivity contribution in [3.05, 3.63) is 102 Å². The fourth-order valence-electron chi connectivity index (χ4n) is 2.96. The summed E-state index contributed by atoms with van der Waals surface area (Å²) in [6, 6.07) is 23.1. The number of sulfonamides is 1. The molecule has 2 aromatic heterocycles. The molecule has 1 amide bonds. The van der Waals surface area contributed by atoms with Gasteiger partial charge in [0.2, 0.25) is 5.88 Å². The molecular weight excluding hydrogens is 440 g/mol. The third-order valence-electron chi connectivity index (χ3n) is 4.52. The molecule has 33 heavy (non-hydrogen) atoms. The topological polar surface area (TPSA) is 110 Å². The molecule has 0 radical (unpaired) electrons. The molecule has 4 aromatic rings. The summed E-state index contributed by atoms with van der Waals surface area (Å²) in [5.74, 6) is 0.507. The maximum Gasteiger partial charge on any atom is 0.263 e. The highest BCUT2D eigenvalue weighted by molar-refractivity contribution is 7.92. The highest BCUT2D eigenvalue weighted by Crippen LogP contribution is 2.24. The predicted molar refractivity (Wildman–Crippen MR) is 125 cm³/mol. The third kappa shape index (κ3) is 5.52. The molecule has 2 N–H and O–H groups in total. The number of carbonyl (C=O) groups excluding carboxylic acids is 1. The zero-order valence-corrected chi connectivity index (χ0v) is 18.4. The molecule has 0 fully saturated rings. The molecule has 2 heterocycles. The number of aryl methyl sites for hydroxylation is 1. The van der Waals surface area contributed by atoms with Crippen LogP contribution >= 0.6 is 0 Å². The molecule has 0 unspecified atom stereocenters. The van der Waals surface area contributed by atoms with Gasteiger partial charge in [-0.1, -0.05) is 24.3 Å². The second-order valence-corrected chi connectivity index (χ2v) is 8.70. The van der Waals surface area contributed by atoms with Crippen molar-refractivity contribution < 1.29 is 17.9 Å². The van der Waals surface area contributed by atoms with Gasteiger partial charge < -0.3 is 10.1 Å². The van der Waals surface area contributed by atoms with Crippen molar-refractivity contribution in [3.8, 4) is 11.6 Å². The van der Waals surface area contributed by atoms with E-state index in [1.165, 1.54) is 30.5 Å². The number of aromatic nitrogens is 2. The Morgan fingerprint density at radius 3 is 2.36 bits per heavy atom. The number of ether oxygens (including phenoxy) is 1. The average molecular weight is 461 g/mol. The number of nitrogens with zero attached hydrogens (tertiary/aromatic N) is 2. The largest absolute Gasteiger partial charge is 0.438 e. The molecule has 4 rings (SSSR count). The van der Waals surface area contributed by atoms with Crippen LogP contribution in [0.5, 0.6) is 11.6 Å². The number of anilines is 2. The number of amides is 1. The summed E-state index contributed by atoms with van der Waals surface area (Å²) in [6.45, 7) is 1.77. The molecular formula is C24H20N4O4S. The van der Waals surface area contributed by atoms with E-state index in [2.05, 4.69) is 20.0 Å². The van der Waals surface area contributed by atoms with Crippen molar-refractivity contribution in [3.63, 3.8) is 0 Å². The normalized spacial score (nSPS) is 10.9. The minimum atomic E-state index is -3.82. The average Bonchev–Trinajstić information content (AvgIpc) is 2.80. The Bertz CT molecular complexity index is 1380. The molecule has 9 heteroatoms. The Morgan fingerprint density at radius 1 is 0.879 bits per heavy atom. The van der Waals surface area contributed by atoms with Gasteiger partial charge in [-0.3, -0.25) is 9.52 Å². The Labute approximate surface area is 191 Å².